The van der Waals surface area contributed by atoms with Crippen molar-refractivity contribution >= 4 is 17.3 Å². The van der Waals surface area contributed by atoms with Crippen molar-refractivity contribution in [3.8, 4) is 0 Å². The van der Waals surface area contributed by atoms with Gasteiger partial charge in [0.1, 0.15) is 12.2 Å². The summed E-state index contributed by atoms with van der Waals surface area (Å²) in [6.45, 7) is 2.67. The van der Waals surface area contributed by atoms with Gasteiger partial charge in [-0.1, -0.05) is 60.7 Å². The molecule has 0 amide bonds. The number of ether oxygens (including phenoxy) is 5. The summed E-state index contributed by atoms with van der Waals surface area (Å²) in [5.41, 5.74) is 2.08. The molecule has 1 aliphatic heterocycles. The van der Waals surface area contributed by atoms with Gasteiger partial charge in [0.05, 0.1) is 19.3 Å². The molecule has 0 bridgehead atoms. The van der Waals surface area contributed by atoms with Crippen LogP contribution in [-0.4, -0.2) is 52.8 Å². The summed E-state index contributed by atoms with van der Waals surface area (Å²) in [5.74, 6) is 0.481. The maximum atomic E-state index is 6.40. The Morgan fingerprint density at radius 3 is 2.09 bits per heavy atom. The number of thiocarbonyl (C=S) groups is 1. The number of hydrogen-bond acceptors (Lipinski definition) is 7. The molecule has 2 heterocycles. The molecule has 1 fully saturated rings. The summed E-state index contributed by atoms with van der Waals surface area (Å²) in [7, 11) is 1.60. The number of benzene rings is 2. The Bertz CT molecular complexity index is 987. The normalized spacial score (nSPS) is 25.0. The van der Waals surface area contributed by atoms with E-state index in [-0.39, 0.29) is 11.2 Å². The Hall–Kier alpha value is -2.62. The Kier molecular flexibility index (Phi) is 8.20. The molecule has 0 radical (unpaired) electrons. The molecule has 5 atom stereocenters. The molecule has 7 nitrogen and oxygen atoms in total. The van der Waals surface area contributed by atoms with Crippen LogP contribution in [0.2, 0.25) is 0 Å². The highest BCUT2D eigenvalue weighted by Gasteiger charge is 2.48. The largest absolute Gasteiger partial charge is 0.472 e. The van der Waals surface area contributed by atoms with Crippen molar-refractivity contribution in [2.45, 2.75) is 50.8 Å². The molecular weight excluding hydrogens is 440 g/mol. The predicted molar refractivity (Wildman–Crippen MR) is 127 cm³/mol. The molecule has 33 heavy (non-hydrogen) atoms. The van der Waals surface area contributed by atoms with Gasteiger partial charge in [0, 0.05) is 19.5 Å². The fourth-order valence-corrected chi connectivity index (χ4v) is 4.00. The topological polar surface area (TPSA) is 74.8 Å². The molecule has 1 unspecified atom stereocenters. The first-order valence-corrected chi connectivity index (χ1v) is 11.3. The van der Waals surface area contributed by atoms with Gasteiger partial charge in [-0.2, -0.15) is 0 Å². The second-order valence-corrected chi connectivity index (χ2v) is 8.15. The lowest BCUT2D eigenvalue weighted by Crippen LogP contribution is -2.60. The van der Waals surface area contributed by atoms with Crippen LogP contribution in [0.5, 0.6) is 0 Å². The molecule has 174 valence electrons. The average Bonchev–Trinajstić information content (AvgIpc) is 3.40. The van der Waals surface area contributed by atoms with Gasteiger partial charge in [-0.25, -0.2) is 4.98 Å². The summed E-state index contributed by atoms with van der Waals surface area (Å²) in [6.07, 6.45) is 0.763. The number of aromatic nitrogens is 2. The van der Waals surface area contributed by atoms with Crippen molar-refractivity contribution in [3.63, 3.8) is 0 Å². The van der Waals surface area contributed by atoms with E-state index in [2.05, 4.69) is 9.97 Å². The van der Waals surface area contributed by atoms with Crippen LogP contribution in [0.1, 0.15) is 23.9 Å². The minimum absolute atomic E-state index is 0.242. The highest BCUT2D eigenvalue weighted by molar-refractivity contribution is 7.80. The van der Waals surface area contributed by atoms with E-state index >= 15 is 0 Å². The van der Waals surface area contributed by atoms with Crippen LogP contribution in [-0.2, 0) is 36.9 Å². The molecule has 1 saturated heterocycles. The molecule has 4 rings (SSSR count). The maximum Gasteiger partial charge on any atom is 0.228 e. The van der Waals surface area contributed by atoms with Crippen molar-refractivity contribution in [3.05, 3.63) is 90.0 Å². The third-order valence-corrected chi connectivity index (χ3v) is 5.75. The van der Waals surface area contributed by atoms with Crippen LogP contribution >= 0.6 is 12.2 Å². The molecule has 0 spiro atoms. The first kappa shape index (κ1) is 23.5. The van der Waals surface area contributed by atoms with Gasteiger partial charge >= 0.3 is 0 Å². The highest BCUT2D eigenvalue weighted by Crippen LogP contribution is 2.30. The van der Waals surface area contributed by atoms with Crippen molar-refractivity contribution in [2.24, 2.45) is 0 Å². The van der Waals surface area contributed by atoms with Crippen LogP contribution in [0, 0.1) is 0 Å². The third kappa shape index (κ3) is 6.04. The first-order chi connectivity index (χ1) is 16.2. The first-order valence-electron chi connectivity index (χ1n) is 10.9. The molecule has 1 N–H and O–H groups in total. The van der Waals surface area contributed by atoms with E-state index in [4.69, 9.17) is 35.9 Å². The molecule has 1 aliphatic rings. The fourth-order valence-electron chi connectivity index (χ4n) is 3.78. The van der Waals surface area contributed by atoms with E-state index in [0.717, 1.165) is 11.1 Å². The number of imidazole rings is 1. The zero-order chi connectivity index (χ0) is 23.0. The summed E-state index contributed by atoms with van der Waals surface area (Å²) in [6, 6.07) is 19.9. The minimum Gasteiger partial charge on any atom is -0.472 e. The van der Waals surface area contributed by atoms with Crippen molar-refractivity contribution in [1.29, 1.82) is 0 Å². The number of methoxy groups -OCH3 is 1. The summed E-state index contributed by atoms with van der Waals surface area (Å²) >= 11 is 5.48. The number of H-pyrrole nitrogens is 1. The lowest BCUT2D eigenvalue weighted by atomic mass is 9.98. The van der Waals surface area contributed by atoms with E-state index in [0.29, 0.717) is 19.0 Å². The number of hydrogen-bond donors (Lipinski definition) is 1. The Morgan fingerprint density at radius 1 is 0.939 bits per heavy atom. The van der Waals surface area contributed by atoms with Gasteiger partial charge < -0.3 is 28.7 Å². The van der Waals surface area contributed by atoms with Crippen LogP contribution in [0.3, 0.4) is 0 Å². The van der Waals surface area contributed by atoms with Gasteiger partial charge in [-0.05, 0) is 30.3 Å². The van der Waals surface area contributed by atoms with Crippen molar-refractivity contribution in [2.75, 3.05) is 7.11 Å². The molecule has 3 aromatic rings. The van der Waals surface area contributed by atoms with Gasteiger partial charge in [-0.15, -0.1) is 0 Å². The molecule has 8 heteroatoms. The lowest BCUT2D eigenvalue weighted by molar-refractivity contribution is -0.304. The Morgan fingerprint density at radius 2 is 1.55 bits per heavy atom. The average molecular weight is 469 g/mol. The fraction of sp³-hybridized carbons (Fsp3) is 0.360. The number of nitrogens with one attached hydrogen (secondary N) is 1. The second-order valence-electron chi connectivity index (χ2n) is 7.78. The minimum atomic E-state index is -0.624. The van der Waals surface area contributed by atoms with E-state index in [1.165, 1.54) is 0 Å². The number of rotatable bonds is 9. The Labute approximate surface area is 199 Å². The molecule has 1 aromatic heterocycles. The summed E-state index contributed by atoms with van der Waals surface area (Å²) < 4.78 is 30.6. The monoisotopic (exact) mass is 468 g/mol. The third-order valence-electron chi connectivity index (χ3n) is 5.46. The van der Waals surface area contributed by atoms with Crippen LogP contribution in [0.4, 0.5) is 0 Å². The van der Waals surface area contributed by atoms with E-state index in [9.17, 15) is 0 Å². The zero-order valence-electron chi connectivity index (χ0n) is 18.6. The van der Waals surface area contributed by atoms with Crippen molar-refractivity contribution in [1.82, 2.24) is 9.97 Å². The smallest absolute Gasteiger partial charge is 0.228 e. The maximum absolute atomic E-state index is 6.40. The van der Waals surface area contributed by atoms with Crippen LogP contribution in [0.15, 0.2) is 73.1 Å². The highest BCUT2D eigenvalue weighted by atomic mass is 32.1. The standard InChI is InChI=1S/C25H28N2O5S/c1-17-20(32-25(33)23-26-13-14-27-23)21(29-15-18-9-5-3-6-10-18)22(24(28-2)31-17)30-16-19-11-7-4-8-12-19/h3-14,17,20-22,24H,15-16H2,1-2H3,(H,26,27)/t17-,20+,21+,22-,24?/m0/s1. The molecular formula is C25H28N2O5S. The van der Waals surface area contributed by atoms with Gasteiger partial charge in [0.15, 0.2) is 18.2 Å². The SMILES string of the molecule is COC1O[C@@H](C)[C@@H](OC(=S)c2ncc[nH]2)[C@@H](OCc2ccccc2)[C@@H]1OCc1ccccc1. The van der Waals surface area contributed by atoms with E-state index in [1.807, 2.05) is 67.6 Å². The van der Waals surface area contributed by atoms with Gasteiger partial charge in [-0.3, -0.25) is 0 Å². The second kappa shape index (κ2) is 11.5. The molecule has 0 saturated carbocycles. The number of aromatic amines is 1. The Balaban J connectivity index is 1.56. The van der Waals surface area contributed by atoms with Crippen LogP contribution < -0.4 is 0 Å². The van der Waals surface area contributed by atoms with E-state index in [1.54, 1.807) is 19.5 Å². The molecule has 0 aliphatic carbocycles. The summed E-state index contributed by atoms with van der Waals surface area (Å²) in [5, 5.41) is 0.242. The predicted octanol–water partition coefficient (Wildman–Crippen LogP) is 4.03. The van der Waals surface area contributed by atoms with E-state index < -0.39 is 24.6 Å². The quantitative estimate of drug-likeness (QED) is 0.475. The zero-order valence-corrected chi connectivity index (χ0v) is 19.4. The summed E-state index contributed by atoms with van der Waals surface area (Å²) in [4.78, 5) is 7.17. The number of nitrogens with zero attached hydrogens (tertiary/aromatic N) is 1. The van der Waals surface area contributed by atoms with Crippen molar-refractivity contribution < 1.29 is 23.7 Å². The van der Waals surface area contributed by atoms with Gasteiger partial charge in [0.25, 0.3) is 0 Å². The molecule has 2 aromatic carbocycles. The van der Waals surface area contributed by atoms with Crippen LogP contribution in [0.25, 0.3) is 0 Å². The van der Waals surface area contributed by atoms with Gasteiger partial charge in [0.2, 0.25) is 5.05 Å². The lowest BCUT2D eigenvalue weighted by Gasteiger charge is -2.44.